The zero-order chi connectivity index (χ0) is 23.5. The highest BCUT2D eigenvalue weighted by Gasteiger charge is 2.12. The zero-order valence-electron chi connectivity index (χ0n) is 18.1. The summed E-state index contributed by atoms with van der Waals surface area (Å²) in [5, 5.41) is 6.37. The molecule has 3 aromatic carbocycles. The van der Waals surface area contributed by atoms with Gasteiger partial charge in [0.2, 0.25) is 0 Å². The summed E-state index contributed by atoms with van der Waals surface area (Å²) in [5.74, 6) is -0.959. The summed E-state index contributed by atoms with van der Waals surface area (Å²) in [7, 11) is 1.50. The first kappa shape index (κ1) is 23.5. The van der Waals surface area contributed by atoms with Gasteiger partial charge in [0, 0.05) is 6.54 Å². The van der Waals surface area contributed by atoms with E-state index in [0.29, 0.717) is 30.0 Å². The molecule has 3 aromatic rings. The minimum absolute atomic E-state index is 0.250. The topological polar surface area (TPSA) is 89.0 Å². The number of hydrazone groups is 1. The third kappa shape index (κ3) is 7.46. The summed E-state index contributed by atoms with van der Waals surface area (Å²) in [6, 6.07) is 20.8. The Morgan fingerprint density at radius 2 is 1.70 bits per heavy atom. The van der Waals surface area contributed by atoms with Crippen molar-refractivity contribution in [3.05, 3.63) is 95.3 Å². The van der Waals surface area contributed by atoms with Gasteiger partial charge in [-0.15, -0.1) is 0 Å². The predicted molar refractivity (Wildman–Crippen MR) is 123 cm³/mol. The molecule has 0 bridgehead atoms. The number of ether oxygens (including phenoxy) is 2. The van der Waals surface area contributed by atoms with Crippen LogP contribution in [-0.2, 0) is 22.6 Å². The zero-order valence-corrected chi connectivity index (χ0v) is 18.1. The average molecular weight is 449 g/mol. The molecule has 0 radical (unpaired) electrons. The summed E-state index contributed by atoms with van der Waals surface area (Å²) >= 11 is 0. The number of hydrogen-bond donors (Lipinski definition) is 2. The Bertz CT molecular complexity index is 1100. The van der Waals surface area contributed by atoms with Gasteiger partial charge in [0.25, 0.3) is 0 Å². The number of benzene rings is 3. The summed E-state index contributed by atoms with van der Waals surface area (Å²) in [4.78, 5) is 23.8. The van der Waals surface area contributed by atoms with E-state index in [4.69, 9.17) is 9.47 Å². The van der Waals surface area contributed by atoms with Crippen LogP contribution >= 0.6 is 0 Å². The number of halogens is 1. The molecular formula is C25H24FN3O4. The molecule has 0 aliphatic carbocycles. The molecule has 0 heterocycles. The SMILES string of the molecule is COc1cc(/C=N\NC(=O)C(=O)NCCc2ccccc2)ccc1OCc1ccc(F)cc1. The maximum Gasteiger partial charge on any atom is 0.329 e. The van der Waals surface area contributed by atoms with Crippen molar-refractivity contribution in [2.45, 2.75) is 13.0 Å². The van der Waals surface area contributed by atoms with Crippen LogP contribution in [0.25, 0.3) is 0 Å². The second-order valence-electron chi connectivity index (χ2n) is 7.02. The Labute approximate surface area is 191 Å². The molecule has 0 saturated carbocycles. The quantitative estimate of drug-likeness (QED) is 0.298. The lowest BCUT2D eigenvalue weighted by Crippen LogP contribution is -2.38. The van der Waals surface area contributed by atoms with Crippen molar-refractivity contribution < 1.29 is 23.5 Å². The van der Waals surface area contributed by atoms with Crippen molar-refractivity contribution in [2.75, 3.05) is 13.7 Å². The summed E-state index contributed by atoms with van der Waals surface area (Å²) in [6.07, 6.45) is 2.01. The molecule has 2 N–H and O–H groups in total. The fourth-order valence-electron chi connectivity index (χ4n) is 2.89. The van der Waals surface area contributed by atoms with Crippen molar-refractivity contribution in [2.24, 2.45) is 5.10 Å². The largest absolute Gasteiger partial charge is 0.493 e. The molecule has 2 amide bonds. The fraction of sp³-hybridized carbons (Fsp3) is 0.160. The van der Waals surface area contributed by atoms with E-state index in [-0.39, 0.29) is 12.4 Å². The first-order chi connectivity index (χ1) is 16.0. The van der Waals surface area contributed by atoms with E-state index in [1.165, 1.54) is 25.5 Å². The van der Waals surface area contributed by atoms with E-state index in [0.717, 1.165) is 11.1 Å². The van der Waals surface area contributed by atoms with Crippen LogP contribution in [0.3, 0.4) is 0 Å². The molecule has 0 saturated heterocycles. The van der Waals surface area contributed by atoms with E-state index >= 15 is 0 Å². The Hall–Kier alpha value is -4.20. The molecule has 0 aromatic heterocycles. The number of nitrogens with one attached hydrogen (secondary N) is 2. The second-order valence-corrected chi connectivity index (χ2v) is 7.02. The van der Waals surface area contributed by atoms with Crippen LogP contribution in [0.4, 0.5) is 4.39 Å². The highest BCUT2D eigenvalue weighted by Crippen LogP contribution is 2.28. The minimum atomic E-state index is -0.856. The van der Waals surface area contributed by atoms with E-state index in [9.17, 15) is 14.0 Å². The van der Waals surface area contributed by atoms with Gasteiger partial charge in [0.15, 0.2) is 11.5 Å². The standard InChI is InChI=1S/C25H24FN3O4/c1-32-23-15-20(9-12-22(23)33-17-19-7-10-21(26)11-8-19)16-28-29-25(31)24(30)27-14-13-18-5-3-2-4-6-18/h2-12,15-16H,13-14,17H2,1H3,(H,27,30)(H,29,31)/b28-16-. The van der Waals surface area contributed by atoms with Crippen LogP contribution in [0.2, 0.25) is 0 Å². The number of rotatable bonds is 9. The first-order valence-corrected chi connectivity index (χ1v) is 10.3. The normalized spacial score (nSPS) is 10.6. The molecule has 0 aliphatic rings. The molecule has 3 rings (SSSR count). The number of carbonyl (C=O) groups is 2. The lowest BCUT2D eigenvalue weighted by molar-refractivity contribution is -0.139. The lowest BCUT2D eigenvalue weighted by atomic mass is 10.1. The highest BCUT2D eigenvalue weighted by atomic mass is 19.1. The number of nitrogens with zero attached hydrogens (tertiary/aromatic N) is 1. The minimum Gasteiger partial charge on any atom is -0.493 e. The van der Waals surface area contributed by atoms with Gasteiger partial charge in [-0.05, 0) is 53.4 Å². The smallest absolute Gasteiger partial charge is 0.329 e. The van der Waals surface area contributed by atoms with E-state index in [2.05, 4.69) is 15.8 Å². The van der Waals surface area contributed by atoms with Gasteiger partial charge in [0.1, 0.15) is 12.4 Å². The molecule has 0 unspecified atom stereocenters. The van der Waals surface area contributed by atoms with Gasteiger partial charge in [0.05, 0.1) is 13.3 Å². The molecule has 33 heavy (non-hydrogen) atoms. The van der Waals surface area contributed by atoms with Crippen LogP contribution in [0.15, 0.2) is 77.9 Å². The molecule has 170 valence electrons. The van der Waals surface area contributed by atoms with Gasteiger partial charge in [-0.1, -0.05) is 42.5 Å². The Kier molecular flexibility index (Phi) is 8.53. The number of hydrogen-bond acceptors (Lipinski definition) is 5. The van der Waals surface area contributed by atoms with Crippen LogP contribution < -0.4 is 20.2 Å². The molecule has 7 nitrogen and oxygen atoms in total. The van der Waals surface area contributed by atoms with Crippen molar-refractivity contribution in [3.8, 4) is 11.5 Å². The molecular weight excluding hydrogens is 425 g/mol. The van der Waals surface area contributed by atoms with Gasteiger partial charge in [-0.3, -0.25) is 9.59 Å². The molecule has 0 aliphatic heterocycles. The van der Waals surface area contributed by atoms with Crippen LogP contribution in [0.1, 0.15) is 16.7 Å². The number of methoxy groups -OCH3 is 1. The van der Waals surface area contributed by atoms with Crippen molar-refractivity contribution in [3.63, 3.8) is 0 Å². The monoisotopic (exact) mass is 449 g/mol. The van der Waals surface area contributed by atoms with E-state index in [1.54, 1.807) is 30.3 Å². The van der Waals surface area contributed by atoms with Crippen LogP contribution in [-0.4, -0.2) is 31.7 Å². The number of carbonyl (C=O) groups excluding carboxylic acids is 2. The first-order valence-electron chi connectivity index (χ1n) is 10.3. The van der Waals surface area contributed by atoms with Crippen molar-refractivity contribution in [1.29, 1.82) is 0 Å². The summed E-state index contributed by atoms with van der Waals surface area (Å²) in [6.45, 7) is 0.593. The number of amides is 2. The Balaban J connectivity index is 1.47. The molecule has 0 spiro atoms. The van der Waals surface area contributed by atoms with Gasteiger partial charge < -0.3 is 14.8 Å². The van der Waals surface area contributed by atoms with Gasteiger partial charge in [-0.2, -0.15) is 5.10 Å². The molecule has 8 heteroatoms. The third-order valence-corrected chi connectivity index (χ3v) is 4.62. The van der Waals surface area contributed by atoms with Crippen molar-refractivity contribution >= 4 is 18.0 Å². The molecule has 0 atom stereocenters. The Morgan fingerprint density at radius 3 is 2.42 bits per heavy atom. The fourth-order valence-corrected chi connectivity index (χ4v) is 2.89. The summed E-state index contributed by atoms with van der Waals surface area (Å²) in [5.41, 5.74) is 4.71. The third-order valence-electron chi connectivity index (χ3n) is 4.62. The average Bonchev–Trinajstić information content (AvgIpc) is 2.84. The maximum absolute atomic E-state index is 13.0. The maximum atomic E-state index is 13.0. The van der Waals surface area contributed by atoms with Crippen LogP contribution in [0.5, 0.6) is 11.5 Å². The lowest BCUT2D eigenvalue weighted by Gasteiger charge is -2.11. The van der Waals surface area contributed by atoms with Crippen molar-refractivity contribution in [1.82, 2.24) is 10.7 Å². The van der Waals surface area contributed by atoms with Gasteiger partial charge >= 0.3 is 11.8 Å². The highest BCUT2D eigenvalue weighted by molar-refractivity contribution is 6.35. The van der Waals surface area contributed by atoms with E-state index in [1.807, 2.05) is 30.3 Å². The van der Waals surface area contributed by atoms with Gasteiger partial charge in [-0.25, -0.2) is 9.82 Å². The predicted octanol–water partition coefficient (Wildman–Crippen LogP) is 3.22. The Morgan fingerprint density at radius 1 is 0.939 bits per heavy atom. The van der Waals surface area contributed by atoms with E-state index < -0.39 is 11.8 Å². The molecule has 0 fully saturated rings. The van der Waals surface area contributed by atoms with Crippen LogP contribution in [0, 0.1) is 5.82 Å². The summed E-state index contributed by atoms with van der Waals surface area (Å²) < 4.78 is 24.1. The second kappa shape index (κ2) is 12.0.